The fraction of sp³-hybridized carbons (Fsp3) is 0.455. The summed E-state index contributed by atoms with van der Waals surface area (Å²) in [6.45, 7) is 0.796. The first-order valence-electron chi connectivity index (χ1n) is 4.82. The lowest BCUT2D eigenvalue weighted by atomic mass is 10.3. The van der Waals surface area contributed by atoms with E-state index in [2.05, 4.69) is 28.6 Å². The van der Waals surface area contributed by atoms with Crippen LogP contribution in [-0.2, 0) is 0 Å². The maximum absolute atomic E-state index is 5.58. The molecule has 0 radical (unpaired) electrons. The van der Waals surface area contributed by atoms with Gasteiger partial charge in [-0.05, 0) is 43.2 Å². The van der Waals surface area contributed by atoms with Crippen molar-refractivity contribution >= 4 is 28.6 Å². The van der Waals surface area contributed by atoms with E-state index >= 15 is 0 Å². The van der Waals surface area contributed by atoms with Gasteiger partial charge in [-0.2, -0.15) is 12.6 Å². The number of rotatable bonds is 6. The molecule has 0 amide bonds. The molecule has 3 heteroatoms. The summed E-state index contributed by atoms with van der Waals surface area (Å²) in [6, 6.07) is 7.93. The normalized spacial score (nSPS) is 10.1. The molecule has 1 nitrogen and oxygen atoms in total. The van der Waals surface area contributed by atoms with Crippen molar-refractivity contribution in [3.8, 4) is 5.75 Å². The summed E-state index contributed by atoms with van der Waals surface area (Å²) in [5.41, 5.74) is 0. The first-order valence-corrected chi connectivity index (χ1v) is 6.24. The van der Waals surface area contributed by atoms with Gasteiger partial charge in [-0.15, -0.1) is 0 Å². The van der Waals surface area contributed by atoms with Gasteiger partial charge < -0.3 is 4.74 Å². The van der Waals surface area contributed by atoms with Crippen molar-refractivity contribution in [2.75, 3.05) is 12.4 Å². The van der Waals surface area contributed by atoms with Crippen LogP contribution in [0.3, 0.4) is 0 Å². The van der Waals surface area contributed by atoms with E-state index in [0.29, 0.717) is 0 Å². The second-order valence-electron chi connectivity index (χ2n) is 3.09. The highest BCUT2D eigenvalue weighted by atomic mass is 79.9. The van der Waals surface area contributed by atoms with Crippen molar-refractivity contribution in [3.05, 3.63) is 28.7 Å². The van der Waals surface area contributed by atoms with Crippen LogP contribution in [0.25, 0.3) is 0 Å². The van der Waals surface area contributed by atoms with Crippen molar-refractivity contribution in [2.24, 2.45) is 0 Å². The van der Waals surface area contributed by atoms with Crippen LogP contribution in [0.4, 0.5) is 0 Å². The second kappa shape index (κ2) is 7.18. The fourth-order valence-corrected chi connectivity index (χ4v) is 1.74. The summed E-state index contributed by atoms with van der Waals surface area (Å²) in [5, 5.41) is 0. The molecule has 78 valence electrons. The number of halogens is 1. The monoisotopic (exact) mass is 274 g/mol. The summed E-state index contributed by atoms with van der Waals surface area (Å²) in [4.78, 5) is 0. The summed E-state index contributed by atoms with van der Waals surface area (Å²) in [5.74, 6) is 1.90. The first-order chi connectivity index (χ1) is 6.83. The first kappa shape index (κ1) is 11.9. The van der Waals surface area contributed by atoms with Crippen LogP contribution in [0.1, 0.15) is 19.3 Å². The van der Waals surface area contributed by atoms with E-state index in [-0.39, 0.29) is 0 Å². The third-order valence-electron chi connectivity index (χ3n) is 1.87. The SMILES string of the molecule is SCCCCCOc1cccc(Br)c1. The topological polar surface area (TPSA) is 9.23 Å². The lowest BCUT2D eigenvalue weighted by molar-refractivity contribution is 0.306. The van der Waals surface area contributed by atoms with Gasteiger partial charge in [0.15, 0.2) is 0 Å². The van der Waals surface area contributed by atoms with Crippen molar-refractivity contribution < 1.29 is 4.74 Å². The van der Waals surface area contributed by atoms with E-state index < -0.39 is 0 Å². The summed E-state index contributed by atoms with van der Waals surface area (Å²) in [6.07, 6.45) is 3.47. The molecule has 0 spiro atoms. The molecule has 0 saturated heterocycles. The van der Waals surface area contributed by atoms with Crippen molar-refractivity contribution in [3.63, 3.8) is 0 Å². The van der Waals surface area contributed by atoms with Gasteiger partial charge in [-0.3, -0.25) is 0 Å². The van der Waals surface area contributed by atoms with Crippen molar-refractivity contribution in [1.29, 1.82) is 0 Å². The molecule has 14 heavy (non-hydrogen) atoms. The highest BCUT2D eigenvalue weighted by Gasteiger charge is 1.94. The minimum atomic E-state index is 0.796. The molecule has 0 heterocycles. The molecule has 0 aliphatic rings. The van der Waals surface area contributed by atoms with Crippen LogP contribution in [0, 0.1) is 0 Å². The Labute approximate surface area is 99.4 Å². The fourth-order valence-electron chi connectivity index (χ4n) is 1.14. The predicted molar refractivity (Wildman–Crippen MR) is 67.3 cm³/mol. The van der Waals surface area contributed by atoms with Gasteiger partial charge in [0.25, 0.3) is 0 Å². The van der Waals surface area contributed by atoms with E-state index in [4.69, 9.17) is 4.74 Å². The molecular formula is C11H15BrOS. The maximum Gasteiger partial charge on any atom is 0.120 e. The molecular weight excluding hydrogens is 260 g/mol. The Morgan fingerprint density at radius 2 is 2.07 bits per heavy atom. The molecule has 1 rings (SSSR count). The molecule has 0 fully saturated rings. The quantitative estimate of drug-likeness (QED) is 0.611. The number of thiol groups is 1. The van der Waals surface area contributed by atoms with Gasteiger partial charge in [0.05, 0.1) is 6.61 Å². The standard InChI is InChI=1S/C11H15BrOS/c12-10-5-4-6-11(9-10)13-7-2-1-3-8-14/h4-6,9,14H,1-3,7-8H2. The van der Waals surface area contributed by atoms with Crippen LogP contribution < -0.4 is 4.74 Å². The largest absolute Gasteiger partial charge is 0.494 e. The molecule has 1 aromatic carbocycles. The molecule has 1 aromatic rings. The lowest BCUT2D eigenvalue weighted by Gasteiger charge is -2.05. The maximum atomic E-state index is 5.58. The molecule has 0 unspecified atom stereocenters. The van der Waals surface area contributed by atoms with Crippen LogP contribution in [0.15, 0.2) is 28.7 Å². The van der Waals surface area contributed by atoms with E-state index in [1.807, 2.05) is 24.3 Å². The number of hydrogen-bond donors (Lipinski definition) is 1. The summed E-state index contributed by atoms with van der Waals surface area (Å²) >= 11 is 7.56. The van der Waals surface area contributed by atoms with Crippen LogP contribution in [0.5, 0.6) is 5.75 Å². The zero-order valence-electron chi connectivity index (χ0n) is 8.08. The molecule has 0 aliphatic carbocycles. The highest BCUT2D eigenvalue weighted by Crippen LogP contribution is 2.17. The molecule has 0 aromatic heterocycles. The minimum Gasteiger partial charge on any atom is -0.494 e. The molecule has 0 aliphatic heterocycles. The average Bonchev–Trinajstić information content (AvgIpc) is 2.18. The Hall–Kier alpha value is -0.150. The van der Waals surface area contributed by atoms with E-state index in [9.17, 15) is 0 Å². The molecule has 0 saturated carbocycles. The zero-order chi connectivity index (χ0) is 10.2. The smallest absolute Gasteiger partial charge is 0.120 e. The van der Waals surface area contributed by atoms with Gasteiger partial charge in [0, 0.05) is 4.47 Å². The number of unbranched alkanes of at least 4 members (excludes halogenated alkanes) is 2. The number of benzene rings is 1. The summed E-state index contributed by atoms with van der Waals surface area (Å²) in [7, 11) is 0. The molecule has 0 bridgehead atoms. The Morgan fingerprint density at radius 3 is 2.79 bits per heavy atom. The van der Waals surface area contributed by atoms with Crippen LogP contribution in [-0.4, -0.2) is 12.4 Å². The molecule has 0 N–H and O–H groups in total. The second-order valence-corrected chi connectivity index (χ2v) is 4.45. The average molecular weight is 275 g/mol. The zero-order valence-corrected chi connectivity index (χ0v) is 10.6. The number of ether oxygens (including phenoxy) is 1. The van der Waals surface area contributed by atoms with Crippen LogP contribution in [0.2, 0.25) is 0 Å². The predicted octanol–water partition coefficient (Wildman–Crippen LogP) is 3.93. The van der Waals surface area contributed by atoms with E-state index in [1.54, 1.807) is 0 Å². The Morgan fingerprint density at radius 1 is 1.21 bits per heavy atom. The minimum absolute atomic E-state index is 0.796. The van der Waals surface area contributed by atoms with Gasteiger partial charge in [-0.25, -0.2) is 0 Å². The van der Waals surface area contributed by atoms with Gasteiger partial charge in [0.2, 0.25) is 0 Å². The number of hydrogen-bond acceptors (Lipinski definition) is 2. The van der Waals surface area contributed by atoms with Crippen molar-refractivity contribution in [1.82, 2.24) is 0 Å². The van der Waals surface area contributed by atoms with Gasteiger partial charge in [0.1, 0.15) is 5.75 Å². The lowest BCUT2D eigenvalue weighted by Crippen LogP contribution is -1.97. The Kier molecular flexibility index (Phi) is 6.12. The highest BCUT2D eigenvalue weighted by molar-refractivity contribution is 9.10. The third kappa shape index (κ3) is 4.91. The Bertz CT molecular complexity index is 265. The van der Waals surface area contributed by atoms with E-state index in [0.717, 1.165) is 29.0 Å². The van der Waals surface area contributed by atoms with Crippen LogP contribution >= 0.6 is 28.6 Å². The van der Waals surface area contributed by atoms with E-state index in [1.165, 1.54) is 12.8 Å². The van der Waals surface area contributed by atoms with Gasteiger partial charge in [-0.1, -0.05) is 22.0 Å². The van der Waals surface area contributed by atoms with Crippen molar-refractivity contribution in [2.45, 2.75) is 19.3 Å². The molecule has 0 atom stereocenters. The third-order valence-corrected chi connectivity index (χ3v) is 2.68. The van der Waals surface area contributed by atoms with Gasteiger partial charge >= 0.3 is 0 Å². The Balaban J connectivity index is 2.18. The summed E-state index contributed by atoms with van der Waals surface area (Å²) < 4.78 is 6.64.